The molecule has 0 amide bonds. The van der Waals surface area contributed by atoms with Gasteiger partial charge in [-0.1, -0.05) is 17.3 Å². The smallest absolute Gasteiger partial charge is 0.150 e. The van der Waals surface area contributed by atoms with Crippen molar-refractivity contribution in [1.29, 1.82) is 0 Å². The molecule has 72 valence electrons. The molecule has 5 heteroatoms. The molecular weight excluding hydrogens is 180 g/mol. The number of nitrogens with zero attached hydrogens (tertiary/aromatic N) is 3. The second kappa shape index (κ2) is 3.02. The summed E-state index contributed by atoms with van der Waals surface area (Å²) >= 11 is 0. The number of anilines is 1. The predicted molar refractivity (Wildman–Crippen MR) is 52.5 cm³/mol. The molecule has 0 bridgehead atoms. The fourth-order valence-electron chi connectivity index (χ4n) is 1.22. The van der Waals surface area contributed by atoms with Crippen LogP contribution in [0.25, 0.3) is 11.3 Å². The Labute approximate surface area is 80.8 Å². The van der Waals surface area contributed by atoms with E-state index < -0.39 is 0 Å². The number of benzene rings is 1. The molecule has 0 fully saturated rings. The molecule has 0 saturated carbocycles. The van der Waals surface area contributed by atoms with Crippen LogP contribution in [0.5, 0.6) is 5.75 Å². The van der Waals surface area contributed by atoms with E-state index in [0.717, 1.165) is 5.56 Å². The maximum Gasteiger partial charge on any atom is 0.150 e. The van der Waals surface area contributed by atoms with Crippen LogP contribution in [0.4, 0.5) is 5.82 Å². The van der Waals surface area contributed by atoms with E-state index in [0.29, 0.717) is 11.5 Å². The summed E-state index contributed by atoms with van der Waals surface area (Å²) in [5.41, 5.74) is 7.09. The molecule has 1 aromatic heterocycles. The van der Waals surface area contributed by atoms with Crippen LogP contribution in [-0.2, 0) is 7.05 Å². The SMILES string of the molecule is Cn1nnc(-c2cccc(O)c2)c1N. The summed E-state index contributed by atoms with van der Waals surface area (Å²) in [5.74, 6) is 0.670. The van der Waals surface area contributed by atoms with Gasteiger partial charge in [0.05, 0.1) is 0 Å². The molecule has 3 N–H and O–H groups in total. The van der Waals surface area contributed by atoms with Crippen LogP contribution in [0.3, 0.4) is 0 Å². The second-order valence-electron chi connectivity index (χ2n) is 3.00. The summed E-state index contributed by atoms with van der Waals surface area (Å²) in [7, 11) is 1.72. The Bertz CT molecular complexity index is 464. The lowest BCUT2D eigenvalue weighted by Crippen LogP contribution is -1.97. The van der Waals surface area contributed by atoms with Gasteiger partial charge >= 0.3 is 0 Å². The van der Waals surface area contributed by atoms with Gasteiger partial charge in [0.2, 0.25) is 0 Å². The van der Waals surface area contributed by atoms with Crippen LogP contribution in [0.1, 0.15) is 0 Å². The predicted octanol–water partition coefficient (Wildman–Crippen LogP) is 0.770. The van der Waals surface area contributed by atoms with Crippen molar-refractivity contribution in [3.05, 3.63) is 24.3 Å². The minimum atomic E-state index is 0.188. The van der Waals surface area contributed by atoms with Gasteiger partial charge in [0.25, 0.3) is 0 Å². The fourth-order valence-corrected chi connectivity index (χ4v) is 1.22. The molecular formula is C9H10N4O. The van der Waals surface area contributed by atoms with E-state index in [1.807, 2.05) is 6.07 Å². The minimum Gasteiger partial charge on any atom is -0.508 e. The van der Waals surface area contributed by atoms with Crippen LogP contribution in [0.15, 0.2) is 24.3 Å². The minimum absolute atomic E-state index is 0.188. The zero-order chi connectivity index (χ0) is 10.1. The maximum absolute atomic E-state index is 9.28. The van der Waals surface area contributed by atoms with Crippen LogP contribution in [0, 0.1) is 0 Å². The lowest BCUT2D eigenvalue weighted by atomic mass is 10.1. The highest BCUT2D eigenvalue weighted by Crippen LogP contribution is 2.25. The zero-order valence-corrected chi connectivity index (χ0v) is 7.68. The molecule has 5 nitrogen and oxygen atoms in total. The first-order chi connectivity index (χ1) is 6.68. The van der Waals surface area contributed by atoms with Crippen molar-refractivity contribution in [3.8, 4) is 17.0 Å². The van der Waals surface area contributed by atoms with Gasteiger partial charge in [0.15, 0.2) is 0 Å². The molecule has 0 radical (unpaired) electrons. The fraction of sp³-hybridized carbons (Fsp3) is 0.111. The summed E-state index contributed by atoms with van der Waals surface area (Å²) in [6.45, 7) is 0. The van der Waals surface area contributed by atoms with E-state index in [1.54, 1.807) is 25.2 Å². The van der Waals surface area contributed by atoms with Crippen molar-refractivity contribution in [2.24, 2.45) is 7.05 Å². The zero-order valence-electron chi connectivity index (χ0n) is 7.68. The maximum atomic E-state index is 9.28. The van der Waals surface area contributed by atoms with Crippen molar-refractivity contribution >= 4 is 5.82 Å². The van der Waals surface area contributed by atoms with Crippen molar-refractivity contribution in [1.82, 2.24) is 15.0 Å². The van der Waals surface area contributed by atoms with E-state index in [9.17, 15) is 5.11 Å². The van der Waals surface area contributed by atoms with Gasteiger partial charge in [0, 0.05) is 12.6 Å². The molecule has 2 aromatic rings. The number of rotatable bonds is 1. The van der Waals surface area contributed by atoms with E-state index >= 15 is 0 Å². The summed E-state index contributed by atoms with van der Waals surface area (Å²) < 4.78 is 1.49. The number of aryl methyl sites for hydroxylation is 1. The van der Waals surface area contributed by atoms with E-state index in [4.69, 9.17) is 5.73 Å². The molecule has 0 unspecified atom stereocenters. The van der Waals surface area contributed by atoms with Crippen molar-refractivity contribution < 1.29 is 5.11 Å². The standard InChI is InChI=1S/C9H10N4O/c1-13-9(10)8(11-12-13)6-3-2-4-7(14)5-6/h2-5,14H,10H2,1H3. The third-order valence-electron chi connectivity index (χ3n) is 1.99. The molecule has 1 aromatic carbocycles. The Kier molecular flexibility index (Phi) is 1.85. The van der Waals surface area contributed by atoms with Crippen LogP contribution in [-0.4, -0.2) is 20.1 Å². The molecule has 0 atom stereocenters. The molecule has 14 heavy (non-hydrogen) atoms. The Morgan fingerprint density at radius 1 is 1.43 bits per heavy atom. The highest BCUT2D eigenvalue weighted by atomic mass is 16.3. The molecule has 0 aliphatic carbocycles. The molecule has 0 aliphatic rings. The number of phenolic OH excluding ortho intramolecular Hbond substituents is 1. The number of hydrogen-bond donors (Lipinski definition) is 2. The third kappa shape index (κ3) is 1.28. The van der Waals surface area contributed by atoms with Gasteiger partial charge in [-0.2, -0.15) is 0 Å². The second-order valence-corrected chi connectivity index (χ2v) is 3.00. The first kappa shape index (κ1) is 8.55. The number of nitrogen functional groups attached to an aromatic ring is 1. The summed E-state index contributed by atoms with van der Waals surface area (Å²) in [5, 5.41) is 17.0. The number of phenols is 1. The Morgan fingerprint density at radius 3 is 2.79 bits per heavy atom. The topological polar surface area (TPSA) is 77.0 Å². The number of hydrogen-bond acceptors (Lipinski definition) is 4. The van der Waals surface area contributed by atoms with Crippen LogP contribution >= 0.6 is 0 Å². The highest BCUT2D eigenvalue weighted by Gasteiger charge is 2.09. The first-order valence-electron chi connectivity index (χ1n) is 4.13. The van der Waals surface area contributed by atoms with Crippen molar-refractivity contribution in [3.63, 3.8) is 0 Å². The monoisotopic (exact) mass is 190 g/mol. The van der Waals surface area contributed by atoms with Gasteiger partial charge in [-0.25, -0.2) is 4.68 Å². The average Bonchev–Trinajstić information content (AvgIpc) is 2.48. The van der Waals surface area contributed by atoms with Gasteiger partial charge in [-0.15, -0.1) is 5.10 Å². The molecule has 0 spiro atoms. The average molecular weight is 190 g/mol. The van der Waals surface area contributed by atoms with Crippen molar-refractivity contribution in [2.45, 2.75) is 0 Å². The van der Waals surface area contributed by atoms with E-state index in [-0.39, 0.29) is 5.75 Å². The van der Waals surface area contributed by atoms with Gasteiger partial charge < -0.3 is 10.8 Å². The van der Waals surface area contributed by atoms with Gasteiger partial charge in [0.1, 0.15) is 17.3 Å². The van der Waals surface area contributed by atoms with Gasteiger partial charge in [-0.05, 0) is 12.1 Å². The summed E-state index contributed by atoms with van der Waals surface area (Å²) in [6, 6.07) is 6.75. The quantitative estimate of drug-likeness (QED) is 0.696. The highest BCUT2D eigenvalue weighted by molar-refractivity contribution is 5.70. The normalized spacial score (nSPS) is 10.4. The Hall–Kier alpha value is -2.04. The Morgan fingerprint density at radius 2 is 2.21 bits per heavy atom. The Balaban J connectivity index is 2.55. The number of aromatic nitrogens is 3. The van der Waals surface area contributed by atoms with Gasteiger partial charge in [-0.3, -0.25) is 0 Å². The largest absolute Gasteiger partial charge is 0.508 e. The van der Waals surface area contributed by atoms with E-state index in [2.05, 4.69) is 10.3 Å². The summed E-state index contributed by atoms with van der Waals surface area (Å²) in [6.07, 6.45) is 0. The lowest BCUT2D eigenvalue weighted by Gasteiger charge is -1.98. The van der Waals surface area contributed by atoms with E-state index in [1.165, 1.54) is 4.68 Å². The molecule has 0 aliphatic heterocycles. The van der Waals surface area contributed by atoms with Crippen LogP contribution < -0.4 is 5.73 Å². The third-order valence-corrected chi connectivity index (χ3v) is 1.99. The molecule has 1 heterocycles. The molecule has 2 rings (SSSR count). The van der Waals surface area contributed by atoms with Crippen molar-refractivity contribution in [2.75, 3.05) is 5.73 Å². The first-order valence-corrected chi connectivity index (χ1v) is 4.13. The number of aromatic hydroxyl groups is 1. The molecule has 0 saturated heterocycles. The van der Waals surface area contributed by atoms with Crippen LogP contribution in [0.2, 0.25) is 0 Å². The lowest BCUT2D eigenvalue weighted by molar-refractivity contribution is 0.475. The number of nitrogens with two attached hydrogens (primary N) is 1. The summed E-state index contributed by atoms with van der Waals surface area (Å²) in [4.78, 5) is 0.